The summed E-state index contributed by atoms with van der Waals surface area (Å²) < 4.78 is 1.52. The molecular weight excluding hydrogens is 274 g/mol. The smallest absolute Gasteiger partial charge is 0.241 e. The average molecular weight is 291 g/mol. The molecule has 2 aromatic heterocycles. The number of nitrogens with one attached hydrogen (secondary N) is 1. The Balaban J connectivity index is 1.57. The number of hydrogen-bond acceptors (Lipinski definition) is 5. The van der Waals surface area contributed by atoms with Gasteiger partial charge in [-0.1, -0.05) is 5.21 Å². The van der Waals surface area contributed by atoms with Crippen LogP contribution in [0.2, 0.25) is 0 Å². The van der Waals surface area contributed by atoms with Gasteiger partial charge >= 0.3 is 0 Å². The molecule has 0 fully saturated rings. The van der Waals surface area contributed by atoms with Crippen LogP contribution in [-0.2, 0) is 17.8 Å². The molecule has 3 rings (SSSR count). The lowest BCUT2D eigenvalue weighted by molar-refractivity contribution is -0.121. The van der Waals surface area contributed by atoms with Crippen molar-refractivity contribution in [2.24, 2.45) is 0 Å². The second-order valence-electron chi connectivity index (χ2n) is 5.04. The molecule has 0 bridgehead atoms. The lowest BCUT2D eigenvalue weighted by Gasteiger charge is -2.21. The van der Waals surface area contributed by atoms with Crippen molar-refractivity contribution in [2.45, 2.75) is 38.6 Å². The first-order valence-corrected chi connectivity index (χ1v) is 7.61. The van der Waals surface area contributed by atoms with Crippen molar-refractivity contribution in [3.63, 3.8) is 0 Å². The summed E-state index contributed by atoms with van der Waals surface area (Å²) in [6.07, 6.45) is 6.66. The van der Waals surface area contributed by atoms with Crippen LogP contribution in [0.25, 0.3) is 0 Å². The molecule has 0 saturated heterocycles. The minimum absolute atomic E-state index is 0.0328. The third-order valence-corrected chi connectivity index (χ3v) is 4.55. The van der Waals surface area contributed by atoms with E-state index >= 15 is 0 Å². The highest BCUT2D eigenvalue weighted by Gasteiger charge is 2.24. The molecule has 7 heteroatoms. The number of carbonyl (C=O) groups is 1. The van der Waals surface area contributed by atoms with Crippen LogP contribution < -0.4 is 5.32 Å². The van der Waals surface area contributed by atoms with E-state index in [9.17, 15) is 4.79 Å². The third-order valence-electron chi connectivity index (χ3n) is 3.50. The zero-order valence-electron chi connectivity index (χ0n) is 11.4. The lowest BCUT2D eigenvalue weighted by atomic mass is 9.91. The summed E-state index contributed by atoms with van der Waals surface area (Å²) >= 11 is 1.79. The summed E-state index contributed by atoms with van der Waals surface area (Å²) in [5.74, 6) is 0.318. The predicted molar refractivity (Wildman–Crippen MR) is 75.6 cm³/mol. The van der Waals surface area contributed by atoms with Crippen LogP contribution in [0.3, 0.4) is 0 Å². The Morgan fingerprint density at radius 1 is 1.60 bits per heavy atom. The van der Waals surface area contributed by atoms with Crippen LogP contribution >= 0.6 is 11.3 Å². The van der Waals surface area contributed by atoms with E-state index in [2.05, 4.69) is 20.6 Å². The molecule has 20 heavy (non-hydrogen) atoms. The van der Waals surface area contributed by atoms with Crippen LogP contribution in [0.15, 0.2) is 12.4 Å². The van der Waals surface area contributed by atoms with Gasteiger partial charge in [0.05, 0.1) is 16.9 Å². The maximum atomic E-state index is 11.9. The fourth-order valence-corrected chi connectivity index (χ4v) is 3.65. The second kappa shape index (κ2) is 5.70. The first-order valence-electron chi connectivity index (χ1n) is 6.79. The maximum absolute atomic E-state index is 11.9. The summed E-state index contributed by atoms with van der Waals surface area (Å²) in [4.78, 5) is 17.9. The van der Waals surface area contributed by atoms with Crippen molar-refractivity contribution < 1.29 is 4.79 Å². The van der Waals surface area contributed by atoms with E-state index in [0.717, 1.165) is 17.8 Å². The monoisotopic (exact) mass is 291 g/mol. The molecule has 0 saturated carbocycles. The average Bonchev–Trinajstić information content (AvgIpc) is 3.04. The van der Waals surface area contributed by atoms with Crippen LogP contribution in [0.5, 0.6) is 0 Å². The van der Waals surface area contributed by atoms with E-state index in [4.69, 9.17) is 0 Å². The topological polar surface area (TPSA) is 72.7 Å². The minimum Gasteiger partial charge on any atom is -0.354 e. The Labute approximate surface area is 121 Å². The van der Waals surface area contributed by atoms with E-state index in [0.29, 0.717) is 12.5 Å². The van der Waals surface area contributed by atoms with E-state index in [1.54, 1.807) is 23.7 Å². The second-order valence-corrected chi connectivity index (χ2v) is 6.32. The van der Waals surface area contributed by atoms with Gasteiger partial charge in [-0.05, 0) is 26.2 Å². The van der Waals surface area contributed by atoms with Crippen molar-refractivity contribution in [2.75, 3.05) is 6.54 Å². The lowest BCUT2D eigenvalue weighted by Crippen LogP contribution is -2.32. The zero-order chi connectivity index (χ0) is 13.9. The largest absolute Gasteiger partial charge is 0.354 e. The van der Waals surface area contributed by atoms with E-state index < -0.39 is 0 Å². The predicted octanol–water partition coefficient (Wildman–Crippen LogP) is 1.28. The molecule has 6 nitrogen and oxygen atoms in total. The van der Waals surface area contributed by atoms with Gasteiger partial charge in [-0.2, -0.15) is 0 Å². The highest BCUT2D eigenvalue weighted by molar-refractivity contribution is 7.11. The van der Waals surface area contributed by atoms with Crippen molar-refractivity contribution in [1.82, 2.24) is 25.3 Å². The van der Waals surface area contributed by atoms with E-state index in [1.165, 1.54) is 21.7 Å². The van der Waals surface area contributed by atoms with Crippen molar-refractivity contribution in [3.8, 4) is 0 Å². The fourth-order valence-electron chi connectivity index (χ4n) is 2.59. The van der Waals surface area contributed by atoms with Gasteiger partial charge in [0.15, 0.2) is 0 Å². The maximum Gasteiger partial charge on any atom is 0.241 e. The number of rotatable bonds is 4. The summed E-state index contributed by atoms with van der Waals surface area (Å²) in [6.45, 7) is 2.92. The molecule has 0 aliphatic heterocycles. The summed E-state index contributed by atoms with van der Waals surface area (Å²) in [7, 11) is 0. The Kier molecular flexibility index (Phi) is 3.77. The molecule has 1 N–H and O–H groups in total. The Morgan fingerprint density at radius 3 is 3.30 bits per heavy atom. The van der Waals surface area contributed by atoms with E-state index in [1.807, 2.05) is 6.92 Å². The van der Waals surface area contributed by atoms with Crippen LogP contribution in [0.4, 0.5) is 0 Å². The summed E-state index contributed by atoms with van der Waals surface area (Å²) in [5.41, 5.74) is 1.19. The first kappa shape index (κ1) is 13.2. The van der Waals surface area contributed by atoms with Gasteiger partial charge in [0.2, 0.25) is 5.91 Å². The van der Waals surface area contributed by atoms with Crippen molar-refractivity contribution in [3.05, 3.63) is 28.0 Å². The van der Waals surface area contributed by atoms with Crippen molar-refractivity contribution >= 4 is 17.2 Å². The number of aromatic nitrogens is 4. The van der Waals surface area contributed by atoms with Crippen LogP contribution in [0, 0.1) is 6.92 Å². The molecule has 1 atom stereocenters. The van der Waals surface area contributed by atoms with E-state index in [-0.39, 0.29) is 12.5 Å². The van der Waals surface area contributed by atoms with Gasteiger partial charge in [0, 0.05) is 23.5 Å². The zero-order valence-corrected chi connectivity index (χ0v) is 12.2. The Morgan fingerprint density at radius 2 is 2.50 bits per heavy atom. The Bertz CT molecular complexity index is 592. The summed E-state index contributed by atoms with van der Waals surface area (Å²) in [5, 5.41) is 11.6. The molecule has 106 valence electrons. The molecule has 1 amide bonds. The molecule has 1 aliphatic carbocycles. The van der Waals surface area contributed by atoms with Gasteiger partial charge in [-0.25, -0.2) is 9.67 Å². The molecule has 0 radical (unpaired) electrons. The minimum atomic E-state index is -0.0328. The highest BCUT2D eigenvalue weighted by atomic mass is 32.1. The van der Waals surface area contributed by atoms with Gasteiger partial charge in [-0.15, -0.1) is 16.4 Å². The SMILES string of the molecule is Cc1nc2c(s1)CCC[C@@H]2CNC(=O)Cn1ccnn1. The molecule has 2 aromatic rings. The molecular formula is C13H17N5OS. The number of carbonyl (C=O) groups excluding carboxylic acids is 1. The van der Waals surface area contributed by atoms with Crippen LogP contribution in [0.1, 0.15) is 34.3 Å². The van der Waals surface area contributed by atoms with Gasteiger partial charge in [0.25, 0.3) is 0 Å². The Hall–Kier alpha value is -1.76. The fraction of sp³-hybridized carbons (Fsp3) is 0.538. The number of nitrogens with zero attached hydrogens (tertiary/aromatic N) is 4. The first-order chi connectivity index (χ1) is 9.72. The normalized spacial score (nSPS) is 17.8. The highest BCUT2D eigenvalue weighted by Crippen LogP contribution is 2.34. The summed E-state index contributed by atoms with van der Waals surface area (Å²) in [6, 6.07) is 0. The third kappa shape index (κ3) is 2.87. The number of hydrogen-bond donors (Lipinski definition) is 1. The molecule has 0 aromatic carbocycles. The number of fused-ring (bicyclic) bond motifs is 1. The number of amides is 1. The molecule has 0 spiro atoms. The quantitative estimate of drug-likeness (QED) is 0.921. The van der Waals surface area contributed by atoms with Gasteiger partial charge in [-0.3, -0.25) is 4.79 Å². The molecule has 2 heterocycles. The van der Waals surface area contributed by atoms with Crippen molar-refractivity contribution in [1.29, 1.82) is 0 Å². The molecule has 0 unspecified atom stereocenters. The molecule has 1 aliphatic rings. The van der Waals surface area contributed by atoms with Gasteiger partial charge < -0.3 is 5.32 Å². The van der Waals surface area contributed by atoms with Crippen LogP contribution in [-0.4, -0.2) is 32.4 Å². The number of aryl methyl sites for hydroxylation is 2. The standard InChI is InChI=1S/C13H17N5OS/c1-9-16-13-10(3-2-4-11(13)20-9)7-14-12(19)8-18-6-5-15-17-18/h5-6,10H,2-4,7-8H2,1H3,(H,14,19)/t10-/m1/s1. The number of thiazole rings is 1. The van der Waals surface area contributed by atoms with Gasteiger partial charge in [0.1, 0.15) is 6.54 Å².